The van der Waals surface area contributed by atoms with Gasteiger partial charge in [-0.1, -0.05) is 23.7 Å². The van der Waals surface area contributed by atoms with Gasteiger partial charge in [-0.15, -0.1) is 0 Å². The van der Waals surface area contributed by atoms with E-state index < -0.39 is 6.10 Å². The molecule has 1 unspecified atom stereocenters. The van der Waals surface area contributed by atoms with Crippen molar-refractivity contribution in [3.05, 3.63) is 64.4 Å². The summed E-state index contributed by atoms with van der Waals surface area (Å²) in [6.45, 7) is 2.29. The smallest absolute Gasteiger partial charge is 0.123 e. The van der Waals surface area contributed by atoms with E-state index in [4.69, 9.17) is 11.6 Å². The first-order chi connectivity index (χ1) is 9.47. The molecule has 2 rings (SSSR count). The van der Waals surface area contributed by atoms with Gasteiger partial charge in [0.1, 0.15) is 5.82 Å². The van der Waals surface area contributed by atoms with Crippen molar-refractivity contribution in [2.24, 2.45) is 0 Å². The minimum Gasteiger partial charge on any atom is -0.389 e. The molecule has 1 atom stereocenters. The summed E-state index contributed by atoms with van der Waals surface area (Å²) in [4.78, 5) is 1.98. The summed E-state index contributed by atoms with van der Waals surface area (Å²) in [7, 11) is 1.91. The molecule has 0 aliphatic heterocycles. The molecule has 0 spiro atoms. The second-order valence-corrected chi connectivity index (χ2v) is 5.30. The highest BCUT2D eigenvalue weighted by Crippen LogP contribution is 2.27. The van der Waals surface area contributed by atoms with Gasteiger partial charge >= 0.3 is 0 Å². The molecule has 0 amide bonds. The zero-order valence-electron chi connectivity index (χ0n) is 11.5. The lowest BCUT2D eigenvalue weighted by atomic mass is 10.1. The van der Waals surface area contributed by atoms with Gasteiger partial charge in [0.2, 0.25) is 0 Å². The Morgan fingerprint density at radius 1 is 1.20 bits per heavy atom. The van der Waals surface area contributed by atoms with E-state index in [2.05, 4.69) is 0 Å². The predicted molar refractivity (Wildman–Crippen MR) is 80.6 cm³/mol. The molecule has 4 heteroatoms. The third-order valence-corrected chi connectivity index (χ3v) is 3.44. The first-order valence-corrected chi connectivity index (χ1v) is 6.78. The third kappa shape index (κ3) is 3.50. The summed E-state index contributed by atoms with van der Waals surface area (Å²) in [6, 6.07) is 12.0. The van der Waals surface area contributed by atoms with Crippen molar-refractivity contribution in [1.82, 2.24) is 0 Å². The van der Waals surface area contributed by atoms with Crippen molar-refractivity contribution in [3.63, 3.8) is 0 Å². The molecule has 0 bridgehead atoms. The lowest BCUT2D eigenvalue weighted by Crippen LogP contribution is -2.18. The van der Waals surface area contributed by atoms with Crippen LogP contribution in [0.5, 0.6) is 0 Å². The fourth-order valence-corrected chi connectivity index (χ4v) is 2.28. The molecule has 0 saturated carbocycles. The highest BCUT2D eigenvalue weighted by molar-refractivity contribution is 6.30. The van der Waals surface area contributed by atoms with Gasteiger partial charge < -0.3 is 10.0 Å². The van der Waals surface area contributed by atoms with Crippen molar-refractivity contribution in [3.8, 4) is 0 Å². The molecule has 2 aromatic carbocycles. The number of halogens is 2. The van der Waals surface area contributed by atoms with Crippen LogP contribution in [0.15, 0.2) is 42.5 Å². The summed E-state index contributed by atoms with van der Waals surface area (Å²) >= 11 is 5.86. The number of nitrogens with zero attached hydrogens (tertiary/aromatic N) is 1. The summed E-state index contributed by atoms with van der Waals surface area (Å²) < 4.78 is 13.3. The van der Waals surface area contributed by atoms with Crippen LogP contribution in [-0.2, 0) is 6.54 Å². The van der Waals surface area contributed by atoms with Crippen LogP contribution in [0.1, 0.15) is 24.2 Å². The normalized spacial score (nSPS) is 12.2. The zero-order chi connectivity index (χ0) is 14.7. The molecule has 0 fully saturated rings. The number of aliphatic hydroxyl groups is 1. The number of hydrogen-bond donors (Lipinski definition) is 1. The molecule has 20 heavy (non-hydrogen) atoms. The molecule has 0 saturated heterocycles. The number of benzene rings is 2. The SMILES string of the molecule is CC(O)c1cc(F)ccc1N(C)Cc1ccc(Cl)cc1. The fraction of sp³-hybridized carbons (Fsp3) is 0.250. The van der Waals surface area contributed by atoms with Gasteiger partial charge in [-0.25, -0.2) is 4.39 Å². The van der Waals surface area contributed by atoms with Crippen LogP contribution in [0, 0.1) is 5.82 Å². The van der Waals surface area contributed by atoms with Crippen LogP contribution >= 0.6 is 11.6 Å². The van der Waals surface area contributed by atoms with Gasteiger partial charge in [0.05, 0.1) is 6.10 Å². The summed E-state index contributed by atoms with van der Waals surface area (Å²) in [5.41, 5.74) is 2.50. The van der Waals surface area contributed by atoms with Crippen molar-refractivity contribution in [1.29, 1.82) is 0 Å². The van der Waals surface area contributed by atoms with Gasteiger partial charge in [0.15, 0.2) is 0 Å². The summed E-state index contributed by atoms with van der Waals surface area (Å²) in [5.74, 6) is -0.343. The molecule has 1 N–H and O–H groups in total. The largest absolute Gasteiger partial charge is 0.389 e. The Morgan fingerprint density at radius 3 is 2.45 bits per heavy atom. The number of anilines is 1. The predicted octanol–water partition coefficient (Wildman–Crippen LogP) is 4.17. The quantitative estimate of drug-likeness (QED) is 0.914. The van der Waals surface area contributed by atoms with E-state index in [9.17, 15) is 9.50 Å². The highest BCUT2D eigenvalue weighted by atomic mass is 35.5. The van der Waals surface area contributed by atoms with Crippen LogP contribution in [0.4, 0.5) is 10.1 Å². The van der Waals surface area contributed by atoms with E-state index in [1.54, 1.807) is 13.0 Å². The van der Waals surface area contributed by atoms with E-state index in [0.717, 1.165) is 11.3 Å². The number of hydrogen-bond acceptors (Lipinski definition) is 2. The lowest BCUT2D eigenvalue weighted by molar-refractivity contribution is 0.199. The lowest BCUT2D eigenvalue weighted by Gasteiger charge is -2.24. The van der Waals surface area contributed by atoms with Crippen LogP contribution in [0.3, 0.4) is 0 Å². The van der Waals surface area contributed by atoms with E-state index in [-0.39, 0.29) is 5.82 Å². The molecule has 106 valence electrons. The second-order valence-electron chi connectivity index (χ2n) is 4.86. The standard InChI is InChI=1S/C16H17ClFNO/c1-11(20)15-9-14(18)7-8-16(15)19(2)10-12-3-5-13(17)6-4-12/h3-9,11,20H,10H2,1-2H3. The maximum absolute atomic E-state index is 13.3. The number of rotatable bonds is 4. The van der Waals surface area contributed by atoms with Crippen LogP contribution in [0.25, 0.3) is 0 Å². The minimum absolute atomic E-state index is 0.343. The Bertz CT molecular complexity index is 584. The molecular formula is C16H17ClFNO. The van der Waals surface area contributed by atoms with Gasteiger partial charge in [-0.2, -0.15) is 0 Å². The first-order valence-electron chi connectivity index (χ1n) is 6.40. The Balaban J connectivity index is 2.24. The number of aliphatic hydroxyl groups excluding tert-OH is 1. The van der Waals surface area contributed by atoms with Gasteiger partial charge in [0, 0.05) is 29.9 Å². The maximum atomic E-state index is 13.3. The Morgan fingerprint density at radius 2 is 1.85 bits per heavy atom. The average molecular weight is 294 g/mol. The van der Waals surface area contributed by atoms with Crippen molar-refractivity contribution in [2.45, 2.75) is 19.6 Å². The van der Waals surface area contributed by atoms with Gasteiger partial charge in [-0.05, 0) is 42.8 Å². The summed E-state index contributed by atoms with van der Waals surface area (Å²) in [5, 5.41) is 10.5. The minimum atomic E-state index is -0.714. The molecule has 0 aliphatic rings. The van der Waals surface area contributed by atoms with E-state index in [1.165, 1.54) is 12.1 Å². The Hall–Kier alpha value is -1.58. The van der Waals surface area contributed by atoms with Gasteiger partial charge in [0.25, 0.3) is 0 Å². The first kappa shape index (κ1) is 14.8. The molecule has 0 radical (unpaired) electrons. The van der Waals surface area contributed by atoms with Crippen LogP contribution in [-0.4, -0.2) is 12.2 Å². The van der Waals surface area contributed by atoms with Crippen LogP contribution < -0.4 is 4.90 Å². The Labute approximate surface area is 123 Å². The molecule has 2 nitrogen and oxygen atoms in total. The van der Waals surface area contributed by atoms with E-state index in [1.807, 2.05) is 36.2 Å². The topological polar surface area (TPSA) is 23.5 Å². The molecule has 2 aromatic rings. The van der Waals surface area contributed by atoms with Crippen LogP contribution in [0.2, 0.25) is 5.02 Å². The molecule has 0 aliphatic carbocycles. The van der Waals surface area contributed by atoms with Crippen molar-refractivity contribution in [2.75, 3.05) is 11.9 Å². The van der Waals surface area contributed by atoms with Crippen molar-refractivity contribution >= 4 is 17.3 Å². The van der Waals surface area contributed by atoms with E-state index >= 15 is 0 Å². The summed E-state index contributed by atoms with van der Waals surface area (Å²) in [6.07, 6.45) is -0.714. The van der Waals surface area contributed by atoms with Crippen molar-refractivity contribution < 1.29 is 9.50 Å². The second kappa shape index (κ2) is 6.25. The highest BCUT2D eigenvalue weighted by Gasteiger charge is 2.13. The zero-order valence-corrected chi connectivity index (χ0v) is 12.2. The molecular weight excluding hydrogens is 277 g/mol. The van der Waals surface area contributed by atoms with E-state index in [0.29, 0.717) is 17.1 Å². The van der Waals surface area contributed by atoms with Gasteiger partial charge in [-0.3, -0.25) is 0 Å². The molecule has 0 heterocycles. The third-order valence-electron chi connectivity index (χ3n) is 3.18. The average Bonchev–Trinajstić information content (AvgIpc) is 2.41. The Kier molecular flexibility index (Phi) is 4.63. The maximum Gasteiger partial charge on any atom is 0.123 e. The monoisotopic (exact) mass is 293 g/mol. The molecule has 0 aromatic heterocycles. The fourth-order valence-electron chi connectivity index (χ4n) is 2.16.